The molecule has 1 unspecified atom stereocenters. The van der Waals surface area contributed by atoms with Gasteiger partial charge >= 0.3 is 6.09 Å². The van der Waals surface area contributed by atoms with Gasteiger partial charge < -0.3 is 19.4 Å². The second kappa shape index (κ2) is 7.99. The second-order valence-electron chi connectivity index (χ2n) is 7.44. The maximum atomic E-state index is 12.7. The Morgan fingerprint density at radius 1 is 1.13 bits per heavy atom. The van der Waals surface area contributed by atoms with E-state index in [1.165, 1.54) is 4.90 Å². The largest absolute Gasteiger partial charge is 0.444 e. The van der Waals surface area contributed by atoms with Crippen molar-refractivity contribution in [2.45, 2.75) is 39.2 Å². The smallest absolute Gasteiger partial charge is 0.409 e. The van der Waals surface area contributed by atoms with E-state index in [0.29, 0.717) is 19.0 Å². The predicted octanol–water partition coefficient (Wildman–Crippen LogP) is 1.65. The lowest BCUT2D eigenvalue weighted by molar-refractivity contribution is -0.136. The Balaban J connectivity index is 1.76. The highest BCUT2D eigenvalue weighted by molar-refractivity contribution is 5.79. The molecule has 0 spiro atoms. The van der Waals surface area contributed by atoms with Gasteiger partial charge in [-0.1, -0.05) is 13.8 Å². The molecule has 2 fully saturated rings. The summed E-state index contributed by atoms with van der Waals surface area (Å²) in [6.07, 6.45) is 2.16. The van der Waals surface area contributed by atoms with Gasteiger partial charge in [0.05, 0.1) is 6.54 Å². The van der Waals surface area contributed by atoms with E-state index in [1.807, 2.05) is 4.90 Å². The summed E-state index contributed by atoms with van der Waals surface area (Å²) in [6.45, 7) is 8.87. The normalized spacial score (nSPS) is 23.3. The predicted molar refractivity (Wildman–Crippen MR) is 89.2 cm³/mol. The van der Waals surface area contributed by atoms with Crippen molar-refractivity contribution in [3.05, 3.63) is 0 Å². The minimum absolute atomic E-state index is 0.140. The fraction of sp³-hybridized carbons (Fsp3) is 0.882. The van der Waals surface area contributed by atoms with Crippen LogP contribution in [-0.2, 0) is 9.53 Å². The molecule has 0 aromatic rings. The molecule has 23 heavy (non-hydrogen) atoms. The van der Waals surface area contributed by atoms with Crippen LogP contribution in [0.1, 0.15) is 33.1 Å². The van der Waals surface area contributed by atoms with Crippen molar-refractivity contribution in [2.24, 2.45) is 11.8 Å². The van der Waals surface area contributed by atoms with Crippen LogP contribution in [0, 0.1) is 11.8 Å². The molecular weight excluding hydrogens is 294 g/mol. The molecule has 0 radical (unpaired) electrons. The molecule has 2 aliphatic rings. The molecule has 132 valence electrons. The number of nitrogens with zero attached hydrogens (tertiary/aromatic N) is 3. The topological polar surface area (TPSA) is 53.1 Å². The third-order valence-corrected chi connectivity index (χ3v) is 4.65. The minimum atomic E-state index is -0.328. The SMILES string of the molecule is CC(C)CN1CCC(C(=O)N2CCC(OC(=O)N(C)C)C2)CC1. The summed E-state index contributed by atoms with van der Waals surface area (Å²) in [5.74, 6) is 1.06. The van der Waals surface area contributed by atoms with E-state index in [-0.39, 0.29) is 24.0 Å². The Morgan fingerprint density at radius 2 is 1.78 bits per heavy atom. The average molecular weight is 325 g/mol. The Hall–Kier alpha value is -1.30. The van der Waals surface area contributed by atoms with E-state index in [2.05, 4.69) is 18.7 Å². The zero-order valence-corrected chi connectivity index (χ0v) is 15.0. The minimum Gasteiger partial charge on any atom is -0.444 e. The molecule has 2 rings (SSSR count). The van der Waals surface area contributed by atoms with Crippen LogP contribution in [-0.4, -0.2) is 79.6 Å². The van der Waals surface area contributed by atoms with E-state index >= 15 is 0 Å². The number of amides is 2. The van der Waals surface area contributed by atoms with E-state index < -0.39 is 0 Å². The van der Waals surface area contributed by atoms with Gasteiger partial charge in [0, 0.05) is 39.5 Å². The van der Waals surface area contributed by atoms with Crippen LogP contribution in [0.2, 0.25) is 0 Å². The van der Waals surface area contributed by atoms with Gasteiger partial charge in [-0.05, 0) is 31.8 Å². The van der Waals surface area contributed by atoms with Crippen molar-refractivity contribution in [2.75, 3.05) is 46.8 Å². The maximum Gasteiger partial charge on any atom is 0.409 e. The lowest BCUT2D eigenvalue weighted by Crippen LogP contribution is -2.43. The standard InChI is InChI=1S/C17H31N3O3/c1-13(2)11-19-8-5-14(6-9-19)16(21)20-10-7-15(12-20)23-17(22)18(3)4/h13-15H,5-12H2,1-4H3. The summed E-state index contributed by atoms with van der Waals surface area (Å²) in [5, 5.41) is 0. The van der Waals surface area contributed by atoms with Crippen LogP contribution in [0.15, 0.2) is 0 Å². The van der Waals surface area contributed by atoms with Crippen LogP contribution in [0.3, 0.4) is 0 Å². The first-order valence-corrected chi connectivity index (χ1v) is 8.76. The molecule has 0 aliphatic carbocycles. The number of hydrogen-bond donors (Lipinski definition) is 0. The van der Waals surface area contributed by atoms with E-state index in [1.54, 1.807) is 14.1 Å². The molecule has 6 heteroatoms. The molecule has 0 aromatic heterocycles. The van der Waals surface area contributed by atoms with Crippen LogP contribution in [0.5, 0.6) is 0 Å². The summed E-state index contributed by atoms with van der Waals surface area (Å²) < 4.78 is 5.39. The number of piperidine rings is 1. The number of carbonyl (C=O) groups excluding carboxylic acids is 2. The van der Waals surface area contributed by atoms with Crippen LogP contribution >= 0.6 is 0 Å². The molecule has 0 bridgehead atoms. The first-order chi connectivity index (χ1) is 10.9. The van der Waals surface area contributed by atoms with Crippen molar-refractivity contribution in [1.29, 1.82) is 0 Å². The van der Waals surface area contributed by atoms with Crippen molar-refractivity contribution in [3.63, 3.8) is 0 Å². The zero-order valence-electron chi connectivity index (χ0n) is 15.0. The molecule has 1 atom stereocenters. The molecule has 2 amide bonds. The Kier molecular flexibility index (Phi) is 6.27. The summed E-state index contributed by atoms with van der Waals surface area (Å²) in [4.78, 5) is 30.0. The third kappa shape index (κ3) is 5.09. The quantitative estimate of drug-likeness (QED) is 0.789. The summed E-state index contributed by atoms with van der Waals surface area (Å²) >= 11 is 0. The van der Waals surface area contributed by atoms with Gasteiger partial charge in [0.2, 0.25) is 5.91 Å². The highest BCUT2D eigenvalue weighted by Crippen LogP contribution is 2.23. The third-order valence-electron chi connectivity index (χ3n) is 4.65. The van der Waals surface area contributed by atoms with Crippen LogP contribution in [0.25, 0.3) is 0 Å². The molecule has 6 nitrogen and oxygen atoms in total. The summed E-state index contributed by atoms with van der Waals surface area (Å²) in [5.41, 5.74) is 0. The molecule has 2 saturated heterocycles. The number of rotatable bonds is 4. The van der Waals surface area contributed by atoms with Gasteiger partial charge in [-0.3, -0.25) is 4.79 Å². The van der Waals surface area contributed by atoms with Crippen molar-refractivity contribution >= 4 is 12.0 Å². The number of ether oxygens (including phenoxy) is 1. The van der Waals surface area contributed by atoms with Crippen molar-refractivity contribution in [1.82, 2.24) is 14.7 Å². The molecule has 0 saturated carbocycles. The van der Waals surface area contributed by atoms with E-state index in [0.717, 1.165) is 38.9 Å². The van der Waals surface area contributed by atoms with Crippen molar-refractivity contribution < 1.29 is 14.3 Å². The highest BCUT2D eigenvalue weighted by atomic mass is 16.6. The molecule has 2 aliphatic heterocycles. The number of carbonyl (C=O) groups is 2. The number of hydrogen-bond acceptors (Lipinski definition) is 4. The fourth-order valence-corrected chi connectivity index (χ4v) is 3.41. The monoisotopic (exact) mass is 325 g/mol. The molecular formula is C17H31N3O3. The first kappa shape index (κ1) is 18.0. The maximum absolute atomic E-state index is 12.7. The average Bonchev–Trinajstić information content (AvgIpc) is 2.95. The number of likely N-dealkylation sites (tertiary alicyclic amines) is 2. The second-order valence-corrected chi connectivity index (χ2v) is 7.44. The zero-order chi connectivity index (χ0) is 17.0. The summed E-state index contributed by atoms with van der Waals surface area (Å²) in [6, 6.07) is 0. The van der Waals surface area contributed by atoms with Gasteiger partial charge in [0.1, 0.15) is 6.10 Å². The van der Waals surface area contributed by atoms with Crippen LogP contribution < -0.4 is 0 Å². The molecule has 2 heterocycles. The van der Waals surface area contributed by atoms with Gasteiger partial charge in [-0.25, -0.2) is 4.79 Å². The van der Waals surface area contributed by atoms with E-state index in [9.17, 15) is 9.59 Å². The van der Waals surface area contributed by atoms with Gasteiger partial charge in [0.15, 0.2) is 0 Å². The lowest BCUT2D eigenvalue weighted by atomic mass is 9.95. The Bertz CT molecular complexity index is 417. The Labute approximate surface area is 139 Å². The summed E-state index contributed by atoms with van der Waals surface area (Å²) in [7, 11) is 3.34. The van der Waals surface area contributed by atoms with Crippen molar-refractivity contribution in [3.8, 4) is 0 Å². The first-order valence-electron chi connectivity index (χ1n) is 8.76. The van der Waals surface area contributed by atoms with Gasteiger partial charge in [-0.2, -0.15) is 0 Å². The fourth-order valence-electron chi connectivity index (χ4n) is 3.41. The van der Waals surface area contributed by atoms with Crippen LogP contribution in [0.4, 0.5) is 4.79 Å². The molecule has 0 aromatic carbocycles. The lowest BCUT2D eigenvalue weighted by Gasteiger charge is -2.34. The molecule has 0 N–H and O–H groups in total. The van der Waals surface area contributed by atoms with E-state index in [4.69, 9.17) is 4.74 Å². The van der Waals surface area contributed by atoms with Gasteiger partial charge in [0.25, 0.3) is 0 Å². The van der Waals surface area contributed by atoms with Gasteiger partial charge in [-0.15, -0.1) is 0 Å². The Morgan fingerprint density at radius 3 is 2.35 bits per heavy atom. The highest BCUT2D eigenvalue weighted by Gasteiger charge is 2.34.